The summed E-state index contributed by atoms with van der Waals surface area (Å²) >= 11 is 0. The molecule has 0 saturated heterocycles. The lowest BCUT2D eigenvalue weighted by Gasteiger charge is -2.11. The fraction of sp³-hybridized carbons (Fsp3) is 0.130. The third-order valence-electron chi connectivity index (χ3n) is 4.78. The second-order valence-electron chi connectivity index (χ2n) is 7.05. The zero-order valence-electron chi connectivity index (χ0n) is 15.8. The molecule has 3 aromatic carbocycles. The molecule has 1 heterocycles. The number of nitrogens with one attached hydrogen (secondary N) is 3. The highest BCUT2D eigenvalue weighted by atomic mass is 16.2. The van der Waals surface area contributed by atoms with E-state index in [1.807, 2.05) is 68.4 Å². The van der Waals surface area contributed by atoms with E-state index in [0.29, 0.717) is 12.2 Å². The molecule has 0 unspecified atom stereocenters. The van der Waals surface area contributed by atoms with Crippen molar-refractivity contribution in [2.24, 2.45) is 0 Å². The molecule has 0 atom stereocenters. The zero-order chi connectivity index (χ0) is 19.7. The van der Waals surface area contributed by atoms with Gasteiger partial charge in [0.05, 0.1) is 0 Å². The lowest BCUT2D eigenvalue weighted by Crippen LogP contribution is -2.19. The average molecular weight is 371 g/mol. The van der Waals surface area contributed by atoms with Crippen molar-refractivity contribution in [2.45, 2.75) is 20.4 Å². The van der Waals surface area contributed by atoms with Gasteiger partial charge in [-0.25, -0.2) is 4.79 Å². The van der Waals surface area contributed by atoms with Crippen LogP contribution in [-0.2, 0) is 6.54 Å². The van der Waals surface area contributed by atoms with Crippen molar-refractivity contribution >= 4 is 23.3 Å². The molecular weight excluding hydrogens is 350 g/mol. The molecule has 3 amide bonds. The van der Waals surface area contributed by atoms with Gasteiger partial charge in [-0.15, -0.1) is 0 Å². The predicted molar refractivity (Wildman–Crippen MR) is 112 cm³/mol. The van der Waals surface area contributed by atoms with Crippen molar-refractivity contribution in [1.29, 1.82) is 0 Å². The number of urea groups is 1. The van der Waals surface area contributed by atoms with Gasteiger partial charge >= 0.3 is 6.03 Å². The summed E-state index contributed by atoms with van der Waals surface area (Å²) in [6.07, 6.45) is 0. The average Bonchev–Trinajstić information content (AvgIpc) is 3.03. The largest absolute Gasteiger partial charge is 0.348 e. The summed E-state index contributed by atoms with van der Waals surface area (Å²) in [4.78, 5) is 24.1. The third kappa shape index (κ3) is 3.60. The van der Waals surface area contributed by atoms with Gasteiger partial charge < -0.3 is 16.0 Å². The van der Waals surface area contributed by atoms with Crippen LogP contribution >= 0.6 is 0 Å². The van der Waals surface area contributed by atoms with Crippen LogP contribution in [-0.4, -0.2) is 11.9 Å². The van der Waals surface area contributed by atoms with Crippen LogP contribution in [0.3, 0.4) is 0 Å². The highest BCUT2D eigenvalue weighted by Crippen LogP contribution is 2.30. The highest BCUT2D eigenvalue weighted by Gasteiger charge is 2.21. The lowest BCUT2D eigenvalue weighted by atomic mass is 9.97. The van der Waals surface area contributed by atoms with E-state index in [2.05, 4.69) is 22.0 Å². The third-order valence-corrected chi connectivity index (χ3v) is 4.78. The van der Waals surface area contributed by atoms with Gasteiger partial charge in [0.25, 0.3) is 5.91 Å². The molecular formula is C23H21N3O2. The lowest BCUT2D eigenvalue weighted by molar-refractivity contribution is 0.0965. The van der Waals surface area contributed by atoms with Gasteiger partial charge in [0.2, 0.25) is 0 Å². The van der Waals surface area contributed by atoms with Crippen molar-refractivity contribution < 1.29 is 9.59 Å². The number of benzene rings is 3. The van der Waals surface area contributed by atoms with E-state index >= 15 is 0 Å². The monoisotopic (exact) mass is 371 g/mol. The van der Waals surface area contributed by atoms with Crippen LogP contribution in [0.15, 0.2) is 60.7 Å². The molecule has 140 valence electrons. The molecule has 0 aromatic heterocycles. The minimum absolute atomic E-state index is 0.0295. The number of fused-ring (bicyclic) bond motifs is 1. The number of carbonyl (C=O) groups is 2. The maximum absolute atomic E-state index is 12.3. The summed E-state index contributed by atoms with van der Waals surface area (Å²) in [6, 6.07) is 19.0. The second kappa shape index (κ2) is 7.19. The second-order valence-corrected chi connectivity index (χ2v) is 7.05. The number of carbonyl (C=O) groups excluding carboxylic acids is 2. The quantitative estimate of drug-likeness (QED) is 0.615. The molecule has 5 nitrogen and oxygen atoms in total. The first-order valence-corrected chi connectivity index (χ1v) is 9.16. The van der Waals surface area contributed by atoms with Crippen molar-refractivity contribution in [1.82, 2.24) is 5.32 Å². The summed E-state index contributed by atoms with van der Waals surface area (Å²) < 4.78 is 0. The molecule has 0 fully saturated rings. The maximum Gasteiger partial charge on any atom is 0.323 e. The van der Waals surface area contributed by atoms with Crippen molar-refractivity contribution in [3.63, 3.8) is 0 Å². The Morgan fingerprint density at radius 2 is 1.50 bits per heavy atom. The normalized spacial score (nSPS) is 12.3. The molecule has 28 heavy (non-hydrogen) atoms. The zero-order valence-corrected chi connectivity index (χ0v) is 15.8. The van der Waals surface area contributed by atoms with E-state index in [1.165, 1.54) is 0 Å². The highest BCUT2D eigenvalue weighted by molar-refractivity contribution is 6.01. The Kier molecular flexibility index (Phi) is 4.57. The van der Waals surface area contributed by atoms with Crippen LogP contribution in [0, 0.1) is 13.8 Å². The minimum Gasteiger partial charge on any atom is -0.348 e. The smallest absolute Gasteiger partial charge is 0.323 e. The van der Waals surface area contributed by atoms with Crippen LogP contribution in [0.2, 0.25) is 0 Å². The van der Waals surface area contributed by atoms with E-state index in [-0.39, 0.29) is 11.9 Å². The van der Waals surface area contributed by atoms with Gasteiger partial charge in [-0.3, -0.25) is 4.79 Å². The summed E-state index contributed by atoms with van der Waals surface area (Å²) in [5.74, 6) is -0.0295. The number of aryl methyl sites for hydroxylation is 2. The summed E-state index contributed by atoms with van der Waals surface area (Å²) in [7, 11) is 0. The molecule has 1 aliphatic heterocycles. The first kappa shape index (κ1) is 17.8. The van der Waals surface area contributed by atoms with Gasteiger partial charge in [0.1, 0.15) is 0 Å². The summed E-state index contributed by atoms with van der Waals surface area (Å²) in [5.41, 5.74) is 7.45. The van der Waals surface area contributed by atoms with Gasteiger partial charge in [-0.05, 0) is 72.0 Å². The fourth-order valence-corrected chi connectivity index (χ4v) is 3.60. The molecule has 4 rings (SSSR count). The van der Waals surface area contributed by atoms with Crippen LogP contribution in [0.5, 0.6) is 0 Å². The van der Waals surface area contributed by atoms with Crippen molar-refractivity contribution in [3.8, 4) is 11.1 Å². The number of hydrogen-bond donors (Lipinski definition) is 3. The Bertz CT molecular complexity index is 1050. The number of rotatable bonds is 3. The molecule has 3 N–H and O–H groups in total. The van der Waals surface area contributed by atoms with Crippen LogP contribution in [0.4, 0.5) is 16.2 Å². The van der Waals surface area contributed by atoms with Gasteiger partial charge in [0.15, 0.2) is 0 Å². The Hall–Kier alpha value is -3.60. The van der Waals surface area contributed by atoms with Crippen LogP contribution < -0.4 is 16.0 Å². The number of hydrogen-bond acceptors (Lipinski definition) is 2. The Labute approximate surface area is 163 Å². The predicted octanol–water partition coefficient (Wildman–Crippen LogP) is 4.86. The Morgan fingerprint density at radius 1 is 0.857 bits per heavy atom. The van der Waals surface area contributed by atoms with E-state index in [9.17, 15) is 9.59 Å². The minimum atomic E-state index is -0.284. The Morgan fingerprint density at radius 3 is 2.21 bits per heavy atom. The first-order valence-electron chi connectivity index (χ1n) is 9.16. The van der Waals surface area contributed by atoms with Crippen LogP contribution in [0.1, 0.15) is 27.0 Å². The Balaban J connectivity index is 1.48. The standard InChI is InChI=1S/C23H21N3O2/c1-14-10-15(2)12-18(11-14)26-23(28)25-17-8-6-16(7-9-17)19-4-3-5-20-21(19)13-24-22(20)27/h3-12H,13H2,1-2H3,(H,24,27)(H2,25,26,28). The van der Waals surface area contributed by atoms with Crippen molar-refractivity contribution in [3.05, 3.63) is 82.9 Å². The topological polar surface area (TPSA) is 70.2 Å². The van der Waals surface area contributed by atoms with E-state index < -0.39 is 0 Å². The van der Waals surface area contributed by atoms with E-state index in [0.717, 1.165) is 39.1 Å². The molecule has 0 spiro atoms. The molecule has 0 saturated carbocycles. The summed E-state index contributed by atoms with van der Waals surface area (Å²) in [5, 5.41) is 8.57. The molecule has 0 bridgehead atoms. The molecule has 0 aliphatic carbocycles. The molecule has 3 aromatic rings. The van der Waals surface area contributed by atoms with E-state index in [4.69, 9.17) is 0 Å². The van der Waals surface area contributed by atoms with Crippen molar-refractivity contribution in [2.75, 3.05) is 10.6 Å². The van der Waals surface area contributed by atoms with E-state index in [1.54, 1.807) is 0 Å². The van der Waals surface area contributed by atoms with Gasteiger partial charge in [-0.1, -0.05) is 30.3 Å². The SMILES string of the molecule is Cc1cc(C)cc(NC(=O)Nc2ccc(-c3cccc4c3CNC4=O)cc2)c1. The van der Waals surface area contributed by atoms with Crippen LogP contribution in [0.25, 0.3) is 11.1 Å². The maximum atomic E-state index is 12.3. The molecule has 0 radical (unpaired) electrons. The number of amides is 3. The first-order chi connectivity index (χ1) is 13.5. The molecule has 5 heteroatoms. The molecule has 1 aliphatic rings. The van der Waals surface area contributed by atoms with Gasteiger partial charge in [0, 0.05) is 23.5 Å². The van der Waals surface area contributed by atoms with Gasteiger partial charge in [-0.2, -0.15) is 0 Å². The fourth-order valence-electron chi connectivity index (χ4n) is 3.60. The number of anilines is 2. The summed E-state index contributed by atoms with van der Waals surface area (Å²) in [6.45, 7) is 4.54.